The molecule has 2 unspecified atom stereocenters. The first-order valence-electron chi connectivity index (χ1n) is 8.83. The van der Waals surface area contributed by atoms with Gasteiger partial charge in [-0.3, -0.25) is 9.59 Å². The molecule has 0 radical (unpaired) electrons. The highest BCUT2D eigenvalue weighted by Crippen LogP contribution is 2.47. The first-order chi connectivity index (χ1) is 12.9. The van der Waals surface area contributed by atoms with Crippen molar-refractivity contribution in [3.05, 3.63) is 50.3 Å². The zero-order valence-electron chi connectivity index (χ0n) is 15.3. The van der Waals surface area contributed by atoms with Gasteiger partial charge in [-0.1, -0.05) is 6.92 Å². The van der Waals surface area contributed by atoms with Crippen molar-refractivity contribution in [3.8, 4) is 0 Å². The number of nitrogens with zero attached hydrogens (tertiary/aromatic N) is 2. The summed E-state index contributed by atoms with van der Waals surface area (Å²) in [6, 6.07) is 3.79. The van der Waals surface area contributed by atoms with Gasteiger partial charge in [-0.15, -0.1) is 11.3 Å². The van der Waals surface area contributed by atoms with E-state index in [9.17, 15) is 9.59 Å². The minimum absolute atomic E-state index is 0.0541. The lowest BCUT2D eigenvalue weighted by molar-refractivity contribution is -0.120. The van der Waals surface area contributed by atoms with Gasteiger partial charge >= 0.3 is 0 Å². The van der Waals surface area contributed by atoms with Crippen LogP contribution < -0.4 is 11.0 Å². The van der Waals surface area contributed by atoms with E-state index in [1.54, 1.807) is 0 Å². The number of hydrogen-bond acceptors (Lipinski definition) is 6. The van der Waals surface area contributed by atoms with Gasteiger partial charge in [-0.05, 0) is 43.9 Å². The van der Waals surface area contributed by atoms with Crippen LogP contribution in [0.1, 0.15) is 47.0 Å². The van der Waals surface area contributed by atoms with E-state index in [1.165, 1.54) is 17.6 Å². The highest BCUT2D eigenvalue weighted by molar-refractivity contribution is 7.18. The van der Waals surface area contributed by atoms with Crippen LogP contribution in [0.2, 0.25) is 0 Å². The highest BCUT2D eigenvalue weighted by Gasteiger charge is 2.36. The maximum atomic E-state index is 12.2. The van der Waals surface area contributed by atoms with E-state index in [1.807, 2.05) is 26.0 Å². The average molecular weight is 384 g/mol. The Morgan fingerprint density at radius 3 is 3.00 bits per heavy atom. The molecule has 1 aliphatic carbocycles. The molecule has 0 spiro atoms. The Kier molecular flexibility index (Phi) is 4.43. The Balaban J connectivity index is 1.40. The van der Waals surface area contributed by atoms with Crippen LogP contribution in [-0.2, 0) is 11.2 Å². The zero-order chi connectivity index (χ0) is 19.1. The van der Waals surface area contributed by atoms with E-state index in [0.29, 0.717) is 33.6 Å². The number of aromatic amines is 1. The summed E-state index contributed by atoms with van der Waals surface area (Å²) in [5.41, 5.74) is 3.15. The van der Waals surface area contributed by atoms with E-state index >= 15 is 0 Å². The molecular weight excluding hydrogens is 364 g/mol. The van der Waals surface area contributed by atoms with Gasteiger partial charge < -0.3 is 9.40 Å². The third-order valence-corrected chi connectivity index (χ3v) is 6.02. The largest absolute Gasteiger partial charge is 0.460 e. The Labute approximate surface area is 159 Å². The summed E-state index contributed by atoms with van der Waals surface area (Å²) < 4.78 is 5.70. The molecule has 1 aliphatic rings. The fourth-order valence-electron chi connectivity index (χ4n) is 3.10. The molecule has 0 saturated heterocycles. The summed E-state index contributed by atoms with van der Waals surface area (Å²) in [6.07, 6.45) is 2.57. The standard InChI is InChI=1S/C19H20N4O3S/c1-9-6-13(9)14-5-4-12(26-14)8-20-23-16(24)7-15-21-18(25)17-10(2)11(3)27-19(17)22-15/h4-5,8-9,13H,6-7H2,1-3H3,(H,23,24)(H,21,22,25). The number of furan rings is 1. The number of rotatable bonds is 5. The lowest BCUT2D eigenvalue weighted by Crippen LogP contribution is -2.23. The van der Waals surface area contributed by atoms with E-state index in [2.05, 4.69) is 27.4 Å². The van der Waals surface area contributed by atoms with Crippen molar-refractivity contribution in [2.45, 2.75) is 39.5 Å². The fraction of sp³-hybridized carbons (Fsp3) is 0.368. The third kappa shape index (κ3) is 3.57. The van der Waals surface area contributed by atoms with Crippen LogP contribution in [0.25, 0.3) is 10.2 Å². The fourth-order valence-corrected chi connectivity index (χ4v) is 4.15. The van der Waals surface area contributed by atoms with Crippen LogP contribution in [0.15, 0.2) is 26.4 Å². The molecule has 0 aromatic carbocycles. The molecule has 3 heterocycles. The van der Waals surface area contributed by atoms with Gasteiger partial charge in [0.25, 0.3) is 5.56 Å². The van der Waals surface area contributed by atoms with Crippen LogP contribution in [-0.4, -0.2) is 22.1 Å². The van der Waals surface area contributed by atoms with Crippen LogP contribution in [0.3, 0.4) is 0 Å². The predicted molar refractivity (Wildman–Crippen MR) is 104 cm³/mol. The minimum Gasteiger partial charge on any atom is -0.460 e. The third-order valence-electron chi connectivity index (χ3n) is 4.92. The second-order valence-corrected chi connectivity index (χ2v) is 8.21. The Bertz CT molecular complexity index is 1110. The van der Waals surface area contributed by atoms with Crippen molar-refractivity contribution in [2.24, 2.45) is 11.0 Å². The van der Waals surface area contributed by atoms with Crippen molar-refractivity contribution < 1.29 is 9.21 Å². The van der Waals surface area contributed by atoms with Crippen molar-refractivity contribution in [1.29, 1.82) is 0 Å². The summed E-state index contributed by atoms with van der Waals surface area (Å²) in [6.45, 7) is 6.04. The van der Waals surface area contributed by atoms with Crippen molar-refractivity contribution in [2.75, 3.05) is 0 Å². The van der Waals surface area contributed by atoms with Gasteiger partial charge in [0.05, 0.1) is 18.0 Å². The molecule has 2 N–H and O–H groups in total. The lowest BCUT2D eigenvalue weighted by atomic mass is 10.2. The second kappa shape index (κ2) is 6.77. The number of hydrazone groups is 1. The average Bonchev–Trinajstić information content (AvgIpc) is 3.02. The Morgan fingerprint density at radius 2 is 2.26 bits per heavy atom. The normalized spacial score (nSPS) is 19.1. The van der Waals surface area contributed by atoms with Crippen molar-refractivity contribution in [1.82, 2.24) is 15.4 Å². The van der Waals surface area contributed by atoms with Gasteiger partial charge in [-0.2, -0.15) is 5.10 Å². The summed E-state index contributed by atoms with van der Waals surface area (Å²) in [5.74, 6) is 2.70. The summed E-state index contributed by atoms with van der Waals surface area (Å²) in [4.78, 5) is 33.1. The number of nitrogens with one attached hydrogen (secondary N) is 2. The maximum absolute atomic E-state index is 12.2. The molecular formula is C19H20N4O3S. The highest BCUT2D eigenvalue weighted by atomic mass is 32.1. The van der Waals surface area contributed by atoms with Crippen LogP contribution >= 0.6 is 11.3 Å². The number of thiophene rings is 1. The molecule has 1 saturated carbocycles. The summed E-state index contributed by atoms with van der Waals surface area (Å²) in [7, 11) is 0. The molecule has 2 atom stereocenters. The molecule has 8 heteroatoms. The van der Waals surface area contributed by atoms with Crippen LogP contribution in [0.5, 0.6) is 0 Å². The van der Waals surface area contributed by atoms with E-state index in [0.717, 1.165) is 22.6 Å². The zero-order valence-corrected chi connectivity index (χ0v) is 16.1. The minimum atomic E-state index is -0.360. The quantitative estimate of drug-likeness (QED) is 0.522. The van der Waals surface area contributed by atoms with Gasteiger partial charge in [0.2, 0.25) is 5.91 Å². The van der Waals surface area contributed by atoms with Gasteiger partial charge in [0.15, 0.2) is 0 Å². The Hall–Kier alpha value is -2.74. The van der Waals surface area contributed by atoms with Crippen molar-refractivity contribution in [3.63, 3.8) is 0 Å². The molecule has 1 fully saturated rings. The van der Waals surface area contributed by atoms with Crippen LogP contribution in [0.4, 0.5) is 0 Å². The molecule has 0 bridgehead atoms. The second-order valence-electron chi connectivity index (χ2n) is 7.01. The smallest absolute Gasteiger partial charge is 0.259 e. The number of fused-ring (bicyclic) bond motifs is 1. The van der Waals surface area contributed by atoms with Gasteiger partial charge in [-0.25, -0.2) is 10.4 Å². The summed E-state index contributed by atoms with van der Waals surface area (Å²) in [5, 5.41) is 4.51. The molecule has 140 valence electrons. The molecule has 27 heavy (non-hydrogen) atoms. The topological polar surface area (TPSA) is 100 Å². The van der Waals surface area contributed by atoms with E-state index in [-0.39, 0.29) is 17.9 Å². The van der Waals surface area contributed by atoms with E-state index < -0.39 is 0 Å². The van der Waals surface area contributed by atoms with Crippen molar-refractivity contribution >= 4 is 33.7 Å². The molecule has 0 aliphatic heterocycles. The number of carbonyl (C=O) groups excluding carboxylic acids is 1. The predicted octanol–water partition coefficient (Wildman–Crippen LogP) is 3.01. The molecule has 3 aromatic heterocycles. The molecule has 1 amide bonds. The number of amides is 1. The number of hydrogen-bond donors (Lipinski definition) is 2. The monoisotopic (exact) mass is 384 g/mol. The molecule has 4 rings (SSSR count). The first kappa shape index (κ1) is 17.7. The SMILES string of the molecule is Cc1sc2nc(CC(=O)NN=Cc3ccc(C4CC4C)o3)[nH]c(=O)c2c1C. The number of aromatic nitrogens is 2. The van der Waals surface area contributed by atoms with Crippen LogP contribution in [0, 0.1) is 19.8 Å². The number of H-pyrrole nitrogens is 1. The van der Waals surface area contributed by atoms with Gasteiger partial charge in [0.1, 0.15) is 22.2 Å². The molecule has 3 aromatic rings. The molecule has 7 nitrogen and oxygen atoms in total. The number of carbonyl (C=O) groups is 1. The lowest BCUT2D eigenvalue weighted by Gasteiger charge is -2.00. The Morgan fingerprint density at radius 1 is 1.48 bits per heavy atom. The van der Waals surface area contributed by atoms with E-state index in [4.69, 9.17) is 4.42 Å². The summed E-state index contributed by atoms with van der Waals surface area (Å²) >= 11 is 1.45. The maximum Gasteiger partial charge on any atom is 0.259 e. The number of aryl methyl sites for hydroxylation is 2. The first-order valence-corrected chi connectivity index (χ1v) is 9.64. The van der Waals surface area contributed by atoms with Gasteiger partial charge in [0, 0.05) is 10.8 Å².